The molecule has 0 saturated heterocycles. The number of aromatic nitrogens is 3. The molecule has 0 spiro atoms. The second kappa shape index (κ2) is 7.81. The molecule has 0 atom stereocenters. The largest absolute Gasteiger partial charge is 0.326 e. The average Bonchev–Trinajstić information content (AvgIpc) is 3.42. The highest BCUT2D eigenvalue weighted by Crippen LogP contribution is 2.33. The van der Waals surface area contributed by atoms with Crippen molar-refractivity contribution in [3.8, 4) is 22.6 Å². The van der Waals surface area contributed by atoms with E-state index in [1.807, 2.05) is 72.4 Å². The SMILES string of the molecule is Cc1ccc(-c2c(C(=O)Nc3nccs3)nc(-c3cccc4ccccc34)n2C)cc1. The lowest BCUT2D eigenvalue weighted by atomic mass is 10.0. The van der Waals surface area contributed by atoms with Gasteiger partial charge in [-0.15, -0.1) is 11.3 Å². The molecule has 0 aliphatic carbocycles. The van der Waals surface area contributed by atoms with E-state index < -0.39 is 0 Å². The van der Waals surface area contributed by atoms with Gasteiger partial charge in [0.25, 0.3) is 5.91 Å². The number of carbonyl (C=O) groups excluding carboxylic acids is 1. The number of nitrogens with zero attached hydrogens (tertiary/aromatic N) is 3. The Morgan fingerprint density at radius 2 is 1.77 bits per heavy atom. The summed E-state index contributed by atoms with van der Waals surface area (Å²) >= 11 is 1.38. The highest BCUT2D eigenvalue weighted by Gasteiger charge is 2.24. The van der Waals surface area contributed by atoms with E-state index in [0.29, 0.717) is 10.8 Å². The second-order valence-electron chi connectivity index (χ2n) is 7.38. The number of imidazole rings is 1. The van der Waals surface area contributed by atoms with Gasteiger partial charge in [0.05, 0.1) is 5.69 Å². The fraction of sp³-hybridized carbons (Fsp3) is 0.0800. The standard InChI is InChI=1S/C25H20N4OS/c1-16-10-12-18(13-11-16)22-21(24(30)28-25-26-14-15-31-25)27-23(29(22)2)20-9-5-7-17-6-3-4-8-19(17)20/h3-15H,1-2H3,(H,26,28,30). The lowest BCUT2D eigenvalue weighted by Crippen LogP contribution is -2.13. The molecule has 0 aliphatic heterocycles. The van der Waals surface area contributed by atoms with Gasteiger partial charge in [-0.25, -0.2) is 9.97 Å². The Kier molecular flexibility index (Phi) is 4.84. The van der Waals surface area contributed by atoms with Gasteiger partial charge in [0.2, 0.25) is 0 Å². The Morgan fingerprint density at radius 3 is 2.55 bits per heavy atom. The Hall–Kier alpha value is -3.77. The number of benzene rings is 3. The van der Waals surface area contributed by atoms with Gasteiger partial charge in [0.15, 0.2) is 10.8 Å². The monoisotopic (exact) mass is 424 g/mol. The maximum Gasteiger partial charge on any atom is 0.278 e. The number of nitrogens with one attached hydrogen (secondary N) is 1. The third-order valence-electron chi connectivity index (χ3n) is 5.32. The smallest absolute Gasteiger partial charge is 0.278 e. The van der Waals surface area contributed by atoms with Crippen LogP contribution in [0.25, 0.3) is 33.4 Å². The third kappa shape index (κ3) is 3.51. The van der Waals surface area contributed by atoms with Gasteiger partial charge >= 0.3 is 0 Å². The molecule has 5 aromatic rings. The summed E-state index contributed by atoms with van der Waals surface area (Å²) in [5, 5.41) is 7.50. The molecule has 3 aromatic carbocycles. The summed E-state index contributed by atoms with van der Waals surface area (Å²) in [6.45, 7) is 2.05. The van der Waals surface area contributed by atoms with E-state index in [-0.39, 0.29) is 5.91 Å². The van der Waals surface area contributed by atoms with Crippen LogP contribution in [-0.2, 0) is 7.05 Å². The van der Waals surface area contributed by atoms with E-state index in [0.717, 1.165) is 39.0 Å². The van der Waals surface area contributed by atoms with Crippen molar-refractivity contribution in [2.24, 2.45) is 7.05 Å². The number of anilines is 1. The normalized spacial score (nSPS) is 11.0. The predicted molar refractivity (Wildman–Crippen MR) is 126 cm³/mol. The van der Waals surface area contributed by atoms with E-state index in [9.17, 15) is 4.79 Å². The van der Waals surface area contributed by atoms with E-state index in [1.54, 1.807) is 6.20 Å². The first-order valence-electron chi connectivity index (χ1n) is 9.94. The molecule has 0 aliphatic rings. The zero-order valence-corrected chi connectivity index (χ0v) is 18.0. The number of hydrogen-bond donors (Lipinski definition) is 1. The molecule has 0 fully saturated rings. The Labute approximate surface area is 184 Å². The van der Waals surface area contributed by atoms with E-state index in [4.69, 9.17) is 4.98 Å². The first-order valence-corrected chi connectivity index (χ1v) is 10.8. The zero-order chi connectivity index (χ0) is 21.4. The van der Waals surface area contributed by atoms with Crippen molar-refractivity contribution in [1.82, 2.24) is 14.5 Å². The van der Waals surface area contributed by atoms with Crippen molar-refractivity contribution in [3.05, 3.63) is 89.6 Å². The lowest BCUT2D eigenvalue weighted by molar-refractivity contribution is 0.102. The molecule has 0 unspecified atom stereocenters. The van der Waals surface area contributed by atoms with Crippen LogP contribution < -0.4 is 5.32 Å². The van der Waals surface area contributed by atoms with E-state index in [1.165, 1.54) is 11.3 Å². The number of fused-ring (bicyclic) bond motifs is 1. The fourth-order valence-corrected chi connectivity index (χ4v) is 4.33. The van der Waals surface area contributed by atoms with Crippen LogP contribution in [0.1, 0.15) is 16.1 Å². The van der Waals surface area contributed by atoms with Crippen LogP contribution in [-0.4, -0.2) is 20.4 Å². The summed E-state index contributed by atoms with van der Waals surface area (Å²) in [6, 6.07) is 22.5. The molecule has 5 rings (SSSR count). The lowest BCUT2D eigenvalue weighted by Gasteiger charge is -2.10. The fourth-order valence-electron chi connectivity index (χ4n) is 3.80. The van der Waals surface area contributed by atoms with Crippen LogP contribution in [0.4, 0.5) is 5.13 Å². The molecule has 31 heavy (non-hydrogen) atoms. The van der Waals surface area contributed by atoms with Crippen LogP contribution in [0.2, 0.25) is 0 Å². The topological polar surface area (TPSA) is 59.8 Å². The number of aryl methyl sites for hydroxylation is 1. The second-order valence-corrected chi connectivity index (χ2v) is 8.27. The van der Waals surface area contributed by atoms with Crippen LogP contribution in [0.15, 0.2) is 78.3 Å². The molecular weight excluding hydrogens is 404 g/mol. The van der Waals surface area contributed by atoms with Gasteiger partial charge < -0.3 is 4.57 Å². The maximum absolute atomic E-state index is 13.2. The van der Waals surface area contributed by atoms with Crippen molar-refractivity contribution >= 4 is 33.1 Å². The van der Waals surface area contributed by atoms with Crippen molar-refractivity contribution in [1.29, 1.82) is 0 Å². The minimum atomic E-state index is -0.271. The average molecular weight is 425 g/mol. The maximum atomic E-state index is 13.2. The molecule has 0 saturated carbocycles. The van der Waals surface area contributed by atoms with E-state index in [2.05, 4.69) is 28.5 Å². The summed E-state index contributed by atoms with van der Waals surface area (Å²) in [6.07, 6.45) is 1.67. The molecular formula is C25H20N4OS. The van der Waals surface area contributed by atoms with Gasteiger partial charge in [-0.2, -0.15) is 0 Å². The molecule has 5 nitrogen and oxygen atoms in total. The van der Waals surface area contributed by atoms with Crippen LogP contribution >= 0.6 is 11.3 Å². The van der Waals surface area contributed by atoms with Gasteiger partial charge in [-0.05, 0) is 17.7 Å². The minimum absolute atomic E-state index is 0.271. The summed E-state index contributed by atoms with van der Waals surface area (Å²) in [4.78, 5) is 22.2. The van der Waals surface area contributed by atoms with Crippen LogP contribution in [0.5, 0.6) is 0 Å². The van der Waals surface area contributed by atoms with Crippen molar-refractivity contribution < 1.29 is 4.79 Å². The summed E-state index contributed by atoms with van der Waals surface area (Å²) < 4.78 is 2.00. The first kappa shape index (κ1) is 19.2. The molecule has 152 valence electrons. The minimum Gasteiger partial charge on any atom is -0.326 e. The van der Waals surface area contributed by atoms with Crippen LogP contribution in [0, 0.1) is 6.92 Å². The van der Waals surface area contributed by atoms with Crippen molar-refractivity contribution in [2.45, 2.75) is 6.92 Å². The quantitative estimate of drug-likeness (QED) is 0.389. The summed E-state index contributed by atoms with van der Waals surface area (Å²) in [7, 11) is 1.96. The zero-order valence-electron chi connectivity index (χ0n) is 17.2. The number of amides is 1. The highest BCUT2D eigenvalue weighted by atomic mass is 32.1. The van der Waals surface area contributed by atoms with Gasteiger partial charge in [0, 0.05) is 29.8 Å². The Bertz CT molecular complexity index is 1380. The summed E-state index contributed by atoms with van der Waals surface area (Å²) in [5.41, 5.74) is 4.24. The molecule has 2 heterocycles. The Balaban J connectivity index is 1.71. The first-order chi connectivity index (χ1) is 15.1. The molecule has 1 N–H and O–H groups in total. The molecule has 0 radical (unpaired) electrons. The Morgan fingerprint density at radius 1 is 1.00 bits per heavy atom. The number of thiazole rings is 1. The number of rotatable bonds is 4. The van der Waals surface area contributed by atoms with Gasteiger partial charge in [-0.1, -0.05) is 72.3 Å². The van der Waals surface area contributed by atoms with Crippen molar-refractivity contribution in [3.63, 3.8) is 0 Å². The molecule has 0 bridgehead atoms. The molecule has 2 aromatic heterocycles. The highest BCUT2D eigenvalue weighted by molar-refractivity contribution is 7.13. The number of hydrogen-bond acceptors (Lipinski definition) is 4. The molecule has 6 heteroatoms. The summed E-state index contributed by atoms with van der Waals surface area (Å²) in [5.74, 6) is 0.476. The van der Waals surface area contributed by atoms with Crippen LogP contribution in [0.3, 0.4) is 0 Å². The predicted octanol–water partition coefficient (Wildman–Crippen LogP) is 5.92. The van der Waals surface area contributed by atoms with Crippen molar-refractivity contribution in [2.75, 3.05) is 5.32 Å². The third-order valence-corrected chi connectivity index (χ3v) is 6.01. The number of carbonyl (C=O) groups is 1. The van der Waals surface area contributed by atoms with E-state index >= 15 is 0 Å². The van der Waals surface area contributed by atoms with Gasteiger partial charge in [-0.3, -0.25) is 10.1 Å². The molecule has 1 amide bonds. The van der Waals surface area contributed by atoms with Gasteiger partial charge in [0.1, 0.15) is 5.82 Å².